The van der Waals surface area contributed by atoms with Crippen molar-refractivity contribution in [3.8, 4) is 0 Å². The first-order valence-corrected chi connectivity index (χ1v) is 13.2. The zero-order valence-corrected chi connectivity index (χ0v) is 21.1. The first-order chi connectivity index (χ1) is 15.1. The lowest BCUT2D eigenvalue weighted by atomic mass is 9.99. The number of rotatable bonds is 21. The predicted octanol–water partition coefficient (Wildman–Crippen LogP) is 8.08. The molecule has 0 N–H and O–H groups in total. The van der Waals surface area contributed by atoms with E-state index in [0.717, 1.165) is 44.9 Å². The van der Waals surface area contributed by atoms with Gasteiger partial charge in [0.1, 0.15) is 0 Å². The predicted molar refractivity (Wildman–Crippen MR) is 130 cm³/mol. The Morgan fingerprint density at radius 3 is 1.32 bits per heavy atom. The van der Waals surface area contributed by atoms with Gasteiger partial charge in [0.25, 0.3) is 0 Å². The third-order valence-corrected chi connectivity index (χ3v) is 5.70. The summed E-state index contributed by atoms with van der Waals surface area (Å²) in [5.74, 6) is -0.655. The van der Waals surface area contributed by atoms with Gasteiger partial charge in [-0.25, -0.2) is 9.59 Å². The van der Waals surface area contributed by atoms with E-state index in [1.807, 2.05) is 6.92 Å². The fraction of sp³-hybridized carbons (Fsp3) is 0.852. The summed E-state index contributed by atoms with van der Waals surface area (Å²) in [6.45, 7) is 9.34. The average molecular weight is 439 g/mol. The summed E-state index contributed by atoms with van der Waals surface area (Å²) in [7, 11) is 0. The van der Waals surface area contributed by atoms with Gasteiger partial charge in [0.05, 0.1) is 13.2 Å². The molecule has 4 nitrogen and oxygen atoms in total. The van der Waals surface area contributed by atoms with Gasteiger partial charge in [-0.05, 0) is 32.1 Å². The summed E-state index contributed by atoms with van der Waals surface area (Å²) in [5, 5.41) is 0. The lowest BCUT2D eigenvalue weighted by molar-refractivity contribution is -0.142. The van der Waals surface area contributed by atoms with E-state index in [-0.39, 0.29) is 11.9 Å². The van der Waals surface area contributed by atoms with Gasteiger partial charge in [-0.15, -0.1) is 0 Å². The molecule has 0 unspecified atom stereocenters. The van der Waals surface area contributed by atoms with Crippen LogP contribution in [0.2, 0.25) is 0 Å². The van der Waals surface area contributed by atoms with Crippen molar-refractivity contribution in [3.05, 3.63) is 11.1 Å². The number of ether oxygens (including phenoxy) is 2. The van der Waals surface area contributed by atoms with Gasteiger partial charge in [0.2, 0.25) is 0 Å². The highest BCUT2D eigenvalue weighted by Crippen LogP contribution is 2.20. The average Bonchev–Trinajstić information content (AvgIpc) is 2.77. The number of hydrogen-bond donors (Lipinski definition) is 0. The molecular formula is C27H50O4. The first-order valence-electron chi connectivity index (χ1n) is 13.2. The molecule has 0 amide bonds. The minimum absolute atomic E-state index is 0.321. The molecule has 0 fully saturated rings. The molecular weight excluding hydrogens is 388 g/mol. The molecule has 0 aromatic rings. The maximum Gasteiger partial charge on any atom is 0.334 e. The Kier molecular flexibility index (Phi) is 21.0. The molecule has 31 heavy (non-hydrogen) atoms. The van der Waals surface area contributed by atoms with Gasteiger partial charge in [0, 0.05) is 11.1 Å². The Balaban J connectivity index is 4.68. The summed E-state index contributed by atoms with van der Waals surface area (Å²) < 4.78 is 11.1. The van der Waals surface area contributed by atoms with Gasteiger partial charge < -0.3 is 9.47 Å². The molecule has 0 saturated carbocycles. The largest absolute Gasteiger partial charge is 0.462 e. The number of hydrogen-bond acceptors (Lipinski definition) is 4. The standard InChI is InChI=1S/C27H50O4/c1-5-9-12-14-16-19-22-30-26(28)24(8-4)25(21-18-11-7-3)27(29)31-23-20-17-15-13-10-6-2/h5-23H2,1-4H3. The summed E-state index contributed by atoms with van der Waals surface area (Å²) in [6, 6.07) is 0. The van der Waals surface area contributed by atoms with Gasteiger partial charge in [0.15, 0.2) is 0 Å². The van der Waals surface area contributed by atoms with Gasteiger partial charge in [-0.2, -0.15) is 0 Å². The van der Waals surface area contributed by atoms with Crippen molar-refractivity contribution in [2.24, 2.45) is 0 Å². The van der Waals surface area contributed by atoms with E-state index >= 15 is 0 Å². The van der Waals surface area contributed by atoms with Crippen molar-refractivity contribution in [2.45, 2.75) is 137 Å². The molecule has 0 aliphatic heterocycles. The van der Waals surface area contributed by atoms with Crippen molar-refractivity contribution in [2.75, 3.05) is 13.2 Å². The molecule has 0 radical (unpaired) electrons. The maximum absolute atomic E-state index is 12.8. The number of esters is 2. The highest BCUT2D eigenvalue weighted by atomic mass is 16.5. The third kappa shape index (κ3) is 16.0. The summed E-state index contributed by atoms with van der Waals surface area (Å²) in [6.07, 6.45) is 17.9. The highest BCUT2D eigenvalue weighted by molar-refractivity contribution is 6.00. The van der Waals surface area contributed by atoms with Crippen LogP contribution >= 0.6 is 0 Å². The highest BCUT2D eigenvalue weighted by Gasteiger charge is 2.21. The van der Waals surface area contributed by atoms with Crippen molar-refractivity contribution in [3.63, 3.8) is 0 Å². The number of carbonyl (C=O) groups is 2. The van der Waals surface area contributed by atoms with E-state index in [1.165, 1.54) is 51.4 Å². The van der Waals surface area contributed by atoms with Crippen LogP contribution in [-0.4, -0.2) is 25.2 Å². The summed E-state index contributed by atoms with van der Waals surface area (Å²) in [4.78, 5) is 25.4. The molecule has 182 valence electrons. The minimum atomic E-state index is -0.334. The molecule has 0 aliphatic rings. The summed E-state index contributed by atoms with van der Waals surface area (Å²) in [5.41, 5.74) is 1.05. The van der Waals surface area contributed by atoms with Gasteiger partial charge in [-0.1, -0.05) is 105 Å². The fourth-order valence-corrected chi connectivity index (χ4v) is 3.68. The smallest absolute Gasteiger partial charge is 0.334 e. The molecule has 0 spiro atoms. The van der Waals surface area contributed by atoms with E-state index in [2.05, 4.69) is 20.8 Å². The zero-order valence-electron chi connectivity index (χ0n) is 21.1. The molecule has 0 atom stereocenters. The quantitative estimate of drug-likeness (QED) is 0.103. The van der Waals surface area contributed by atoms with Crippen molar-refractivity contribution in [1.82, 2.24) is 0 Å². The van der Waals surface area contributed by atoms with Crippen LogP contribution in [0, 0.1) is 0 Å². The molecule has 0 bridgehead atoms. The van der Waals surface area contributed by atoms with E-state index in [1.54, 1.807) is 0 Å². The number of carbonyl (C=O) groups excluding carboxylic acids is 2. The summed E-state index contributed by atoms with van der Waals surface area (Å²) >= 11 is 0. The van der Waals surface area contributed by atoms with Crippen molar-refractivity contribution < 1.29 is 19.1 Å². The van der Waals surface area contributed by atoms with Crippen LogP contribution in [-0.2, 0) is 19.1 Å². The molecule has 4 heteroatoms. The van der Waals surface area contributed by atoms with E-state index in [4.69, 9.17) is 9.47 Å². The maximum atomic E-state index is 12.8. The molecule has 0 aliphatic carbocycles. The molecule has 0 saturated heterocycles. The Bertz CT molecular complexity index is 482. The Morgan fingerprint density at radius 1 is 0.484 bits per heavy atom. The topological polar surface area (TPSA) is 52.6 Å². The molecule has 0 aromatic carbocycles. The lowest BCUT2D eigenvalue weighted by Crippen LogP contribution is -2.17. The Hall–Kier alpha value is -1.32. The van der Waals surface area contributed by atoms with Gasteiger partial charge >= 0.3 is 11.9 Å². The monoisotopic (exact) mass is 438 g/mol. The second-order valence-electron chi connectivity index (χ2n) is 8.58. The minimum Gasteiger partial charge on any atom is -0.462 e. The van der Waals surface area contributed by atoms with Crippen LogP contribution in [0.3, 0.4) is 0 Å². The zero-order chi connectivity index (χ0) is 23.2. The second kappa shape index (κ2) is 21.9. The molecule has 0 aromatic heterocycles. The van der Waals surface area contributed by atoms with Gasteiger partial charge in [-0.3, -0.25) is 0 Å². The van der Waals surface area contributed by atoms with Crippen LogP contribution < -0.4 is 0 Å². The van der Waals surface area contributed by atoms with Crippen LogP contribution in [0.1, 0.15) is 137 Å². The first kappa shape index (κ1) is 29.7. The molecule has 0 heterocycles. The Morgan fingerprint density at radius 2 is 0.871 bits per heavy atom. The van der Waals surface area contributed by atoms with Crippen LogP contribution in [0.25, 0.3) is 0 Å². The van der Waals surface area contributed by atoms with Crippen LogP contribution in [0.15, 0.2) is 11.1 Å². The van der Waals surface area contributed by atoms with E-state index in [9.17, 15) is 9.59 Å². The Labute approximate surface area is 192 Å². The normalized spacial score (nSPS) is 11.9. The second-order valence-corrected chi connectivity index (χ2v) is 8.58. The lowest BCUT2D eigenvalue weighted by Gasteiger charge is -2.14. The van der Waals surface area contributed by atoms with Crippen LogP contribution in [0.4, 0.5) is 0 Å². The fourth-order valence-electron chi connectivity index (χ4n) is 3.68. The van der Waals surface area contributed by atoms with E-state index < -0.39 is 0 Å². The van der Waals surface area contributed by atoms with Crippen molar-refractivity contribution >= 4 is 11.9 Å². The third-order valence-electron chi connectivity index (χ3n) is 5.70. The number of unbranched alkanes of at least 4 members (excludes halogenated alkanes) is 12. The molecule has 0 rings (SSSR count). The van der Waals surface area contributed by atoms with E-state index in [0.29, 0.717) is 37.2 Å². The van der Waals surface area contributed by atoms with Crippen molar-refractivity contribution in [1.29, 1.82) is 0 Å². The SMILES string of the molecule is CCCCCCCCOC(=O)C(CC)=C(CCCCC)C(=O)OCCCCCCCC. The van der Waals surface area contributed by atoms with Crippen LogP contribution in [0.5, 0.6) is 0 Å².